The number of aryl methyl sites for hydroxylation is 1. The maximum Gasteiger partial charge on any atom is 0.292 e. The van der Waals surface area contributed by atoms with Gasteiger partial charge in [-0.1, -0.05) is 29.8 Å². The van der Waals surface area contributed by atoms with Gasteiger partial charge in [-0.05, 0) is 42.9 Å². The van der Waals surface area contributed by atoms with Crippen molar-refractivity contribution in [3.63, 3.8) is 0 Å². The molecule has 2 aromatic rings. The molecule has 0 saturated carbocycles. The van der Waals surface area contributed by atoms with Crippen LogP contribution in [0.15, 0.2) is 42.5 Å². The quantitative estimate of drug-likeness (QED) is 0.311. The van der Waals surface area contributed by atoms with E-state index in [0.717, 1.165) is 11.3 Å². The number of benzene rings is 2. The van der Waals surface area contributed by atoms with Gasteiger partial charge in [-0.15, -0.1) is 0 Å². The topological polar surface area (TPSA) is 79.2 Å². The first-order valence-corrected chi connectivity index (χ1v) is 8.04. The minimum Gasteiger partial charge on any atom is -0.378 e. The minimum atomic E-state index is -0.414. The van der Waals surface area contributed by atoms with E-state index in [2.05, 4.69) is 16.0 Å². The van der Waals surface area contributed by atoms with E-state index in [1.807, 2.05) is 19.1 Å². The normalized spacial score (nSPS) is 10.1. The third-order valence-electron chi connectivity index (χ3n) is 3.26. The molecule has 126 valence electrons. The van der Waals surface area contributed by atoms with Crippen LogP contribution in [0.25, 0.3) is 0 Å². The molecular formula is C16H17ClN4O2S. The highest BCUT2D eigenvalue weighted by Crippen LogP contribution is 2.22. The molecule has 0 bridgehead atoms. The molecule has 0 amide bonds. The number of hydrogen-bond donors (Lipinski definition) is 3. The van der Waals surface area contributed by atoms with E-state index in [4.69, 9.17) is 23.8 Å². The second kappa shape index (κ2) is 8.47. The Kier molecular flexibility index (Phi) is 6.34. The SMILES string of the molecule is Cc1ccc(NC(=S)NCCNc2ccccc2[N+](=O)[O-])cc1Cl. The Morgan fingerprint density at radius 3 is 2.71 bits per heavy atom. The van der Waals surface area contributed by atoms with Gasteiger partial charge in [-0.3, -0.25) is 10.1 Å². The zero-order chi connectivity index (χ0) is 17.5. The summed E-state index contributed by atoms with van der Waals surface area (Å²) >= 11 is 11.3. The maximum absolute atomic E-state index is 10.9. The van der Waals surface area contributed by atoms with Crippen LogP contribution in [0.5, 0.6) is 0 Å². The Morgan fingerprint density at radius 2 is 2.00 bits per heavy atom. The number of nitro groups is 1. The molecule has 0 saturated heterocycles. The molecule has 0 aliphatic carbocycles. The molecule has 0 aliphatic heterocycles. The molecule has 0 unspecified atom stereocenters. The molecule has 0 radical (unpaired) electrons. The van der Waals surface area contributed by atoms with Crippen LogP contribution in [0.1, 0.15) is 5.56 Å². The number of halogens is 1. The first-order chi connectivity index (χ1) is 11.5. The zero-order valence-corrected chi connectivity index (χ0v) is 14.6. The Morgan fingerprint density at radius 1 is 1.25 bits per heavy atom. The third-order valence-corrected chi connectivity index (χ3v) is 3.91. The van der Waals surface area contributed by atoms with Gasteiger partial charge in [-0.25, -0.2) is 0 Å². The lowest BCUT2D eigenvalue weighted by atomic mass is 10.2. The zero-order valence-electron chi connectivity index (χ0n) is 13.0. The lowest BCUT2D eigenvalue weighted by Gasteiger charge is -2.12. The number of nitrogens with one attached hydrogen (secondary N) is 3. The Bertz CT molecular complexity index is 755. The monoisotopic (exact) mass is 364 g/mol. The number of thiocarbonyl (C=S) groups is 1. The van der Waals surface area contributed by atoms with E-state index in [0.29, 0.717) is 28.9 Å². The first kappa shape index (κ1) is 18.0. The summed E-state index contributed by atoms with van der Waals surface area (Å²) < 4.78 is 0. The minimum absolute atomic E-state index is 0.0486. The van der Waals surface area contributed by atoms with E-state index in [9.17, 15) is 10.1 Å². The number of para-hydroxylation sites is 2. The number of nitro benzene ring substituents is 1. The highest BCUT2D eigenvalue weighted by molar-refractivity contribution is 7.80. The Balaban J connectivity index is 1.79. The number of rotatable bonds is 6. The van der Waals surface area contributed by atoms with Crippen molar-refractivity contribution in [2.75, 3.05) is 23.7 Å². The summed E-state index contributed by atoms with van der Waals surface area (Å²) in [5.41, 5.74) is 2.32. The fourth-order valence-electron chi connectivity index (χ4n) is 2.00. The van der Waals surface area contributed by atoms with Gasteiger partial charge >= 0.3 is 0 Å². The largest absolute Gasteiger partial charge is 0.378 e. The summed E-state index contributed by atoms with van der Waals surface area (Å²) in [6, 6.07) is 12.1. The smallest absolute Gasteiger partial charge is 0.292 e. The second-order valence-electron chi connectivity index (χ2n) is 5.05. The van der Waals surface area contributed by atoms with Crippen LogP contribution in [-0.2, 0) is 0 Å². The van der Waals surface area contributed by atoms with Gasteiger partial charge in [0.1, 0.15) is 5.69 Å². The number of nitrogens with zero attached hydrogens (tertiary/aromatic N) is 1. The van der Waals surface area contributed by atoms with Crippen molar-refractivity contribution in [2.45, 2.75) is 6.92 Å². The molecule has 24 heavy (non-hydrogen) atoms. The van der Waals surface area contributed by atoms with Gasteiger partial charge in [0.25, 0.3) is 5.69 Å². The fraction of sp³-hybridized carbons (Fsp3) is 0.188. The van der Waals surface area contributed by atoms with E-state index in [-0.39, 0.29) is 5.69 Å². The van der Waals surface area contributed by atoms with Crippen molar-refractivity contribution in [1.82, 2.24) is 5.32 Å². The molecule has 2 rings (SSSR count). The third kappa shape index (κ3) is 5.07. The van der Waals surface area contributed by atoms with Crippen molar-refractivity contribution >= 4 is 46.0 Å². The van der Waals surface area contributed by atoms with Crippen molar-refractivity contribution in [2.24, 2.45) is 0 Å². The van der Waals surface area contributed by atoms with Crippen molar-refractivity contribution < 1.29 is 4.92 Å². The average Bonchev–Trinajstić information content (AvgIpc) is 2.55. The summed E-state index contributed by atoms with van der Waals surface area (Å²) in [6.45, 7) is 2.93. The Hall–Kier alpha value is -2.38. The lowest BCUT2D eigenvalue weighted by molar-refractivity contribution is -0.384. The molecule has 8 heteroatoms. The maximum atomic E-state index is 10.9. The van der Waals surface area contributed by atoms with Crippen LogP contribution in [0.3, 0.4) is 0 Å². The van der Waals surface area contributed by atoms with Crippen LogP contribution in [-0.4, -0.2) is 23.1 Å². The predicted molar refractivity (Wildman–Crippen MR) is 102 cm³/mol. The molecule has 0 heterocycles. The standard InChI is InChI=1S/C16H17ClN4O2S/c1-11-6-7-12(10-13(11)17)20-16(24)19-9-8-18-14-4-2-3-5-15(14)21(22)23/h2-7,10,18H,8-9H2,1H3,(H2,19,20,24). The van der Waals surface area contributed by atoms with Gasteiger partial charge in [0.15, 0.2) is 5.11 Å². The molecule has 0 atom stereocenters. The van der Waals surface area contributed by atoms with Gasteiger partial charge in [-0.2, -0.15) is 0 Å². The summed E-state index contributed by atoms with van der Waals surface area (Å²) in [5.74, 6) is 0. The van der Waals surface area contributed by atoms with Crippen LogP contribution >= 0.6 is 23.8 Å². The van der Waals surface area contributed by atoms with Gasteiger partial charge in [0.05, 0.1) is 4.92 Å². The van der Waals surface area contributed by atoms with E-state index < -0.39 is 4.92 Å². The molecule has 0 fully saturated rings. The fourth-order valence-corrected chi connectivity index (χ4v) is 2.40. The van der Waals surface area contributed by atoms with Crippen LogP contribution < -0.4 is 16.0 Å². The van der Waals surface area contributed by atoms with E-state index >= 15 is 0 Å². The number of anilines is 2. The van der Waals surface area contributed by atoms with Gasteiger partial charge in [0, 0.05) is 29.9 Å². The first-order valence-electron chi connectivity index (χ1n) is 7.25. The van der Waals surface area contributed by atoms with E-state index in [1.54, 1.807) is 24.3 Å². The molecule has 3 N–H and O–H groups in total. The van der Waals surface area contributed by atoms with Crippen molar-refractivity contribution in [1.29, 1.82) is 0 Å². The van der Waals surface area contributed by atoms with Crippen LogP contribution in [0.4, 0.5) is 17.1 Å². The molecule has 2 aromatic carbocycles. The molecular weight excluding hydrogens is 348 g/mol. The summed E-state index contributed by atoms with van der Waals surface area (Å²) in [6.07, 6.45) is 0. The van der Waals surface area contributed by atoms with Crippen LogP contribution in [0, 0.1) is 17.0 Å². The Labute approximate surface area is 150 Å². The van der Waals surface area contributed by atoms with Crippen molar-refractivity contribution in [3.05, 3.63) is 63.2 Å². The van der Waals surface area contributed by atoms with Gasteiger partial charge < -0.3 is 16.0 Å². The lowest BCUT2D eigenvalue weighted by Crippen LogP contribution is -2.32. The summed E-state index contributed by atoms with van der Waals surface area (Å²) in [4.78, 5) is 10.5. The van der Waals surface area contributed by atoms with Crippen LogP contribution in [0.2, 0.25) is 5.02 Å². The average molecular weight is 365 g/mol. The van der Waals surface area contributed by atoms with Gasteiger partial charge in [0.2, 0.25) is 0 Å². The molecule has 6 nitrogen and oxygen atoms in total. The highest BCUT2D eigenvalue weighted by atomic mass is 35.5. The number of hydrogen-bond acceptors (Lipinski definition) is 4. The summed E-state index contributed by atoms with van der Waals surface area (Å²) in [7, 11) is 0. The molecule has 0 aromatic heterocycles. The highest BCUT2D eigenvalue weighted by Gasteiger charge is 2.11. The summed E-state index contributed by atoms with van der Waals surface area (Å²) in [5, 5.41) is 21.1. The predicted octanol–water partition coefficient (Wildman–Crippen LogP) is 3.96. The van der Waals surface area contributed by atoms with Crippen molar-refractivity contribution in [3.8, 4) is 0 Å². The molecule has 0 aliphatic rings. The second-order valence-corrected chi connectivity index (χ2v) is 5.86. The van der Waals surface area contributed by atoms with E-state index in [1.165, 1.54) is 6.07 Å². The molecule has 0 spiro atoms.